The Kier molecular flexibility index (Phi) is 6.96. The SMILES string of the molecule is CCCNc1ncc(C(=O)N(C)C(C)CC(C)C)cc1Cl. The molecule has 1 aromatic heterocycles. The minimum absolute atomic E-state index is 0.0420. The van der Waals surface area contributed by atoms with E-state index in [2.05, 4.69) is 38.0 Å². The van der Waals surface area contributed by atoms with Crippen LogP contribution in [0.5, 0.6) is 0 Å². The van der Waals surface area contributed by atoms with Crippen LogP contribution in [0.15, 0.2) is 12.3 Å². The standard InChI is InChI=1S/C16H26ClN3O/c1-6-7-18-15-14(17)9-13(10-19-15)16(21)20(5)12(4)8-11(2)3/h9-12H,6-8H2,1-5H3,(H,18,19). The van der Waals surface area contributed by atoms with Crippen molar-refractivity contribution in [3.63, 3.8) is 0 Å². The molecule has 0 aliphatic carbocycles. The summed E-state index contributed by atoms with van der Waals surface area (Å²) in [6, 6.07) is 1.88. The van der Waals surface area contributed by atoms with Crippen LogP contribution in [0.2, 0.25) is 5.02 Å². The van der Waals surface area contributed by atoms with Gasteiger partial charge in [0.1, 0.15) is 5.82 Å². The minimum Gasteiger partial charge on any atom is -0.369 e. The van der Waals surface area contributed by atoms with Gasteiger partial charge in [0.15, 0.2) is 0 Å². The number of amides is 1. The Hall–Kier alpha value is -1.29. The fraction of sp³-hybridized carbons (Fsp3) is 0.625. The first-order valence-corrected chi connectivity index (χ1v) is 7.91. The molecular formula is C16H26ClN3O. The van der Waals surface area contributed by atoms with E-state index in [1.807, 2.05) is 7.05 Å². The summed E-state index contributed by atoms with van der Waals surface area (Å²) >= 11 is 6.18. The third-order valence-electron chi connectivity index (χ3n) is 3.42. The monoisotopic (exact) mass is 311 g/mol. The van der Waals surface area contributed by atoms with Crippen LogP contribution in [0, 0.1) is 5.92 Å². The number of pyridine rings is 1. The molecule has 118 valence electrons. The Morgan fingerprint density at radius 2 is 2.10 bits per heavy atom. The van der Waals surface area contributed by atoms with Crippen LogP contribution in [0.4, 0.5) is 5.82 Å². The first-order chi connectivity index (χ1) is 9.86. The molecule has 0 aliphatic rings. The van der Waals surface area contributed by atoms with E-state index in [0.717, 1.165) is 19.4 Å². The topological polar surface area (TPSA) is 45.2 Å². The van der Waals surface area contributed by atoms with E-state index in [1.165, 1.54) is 0 Å². The zero-order valence-corrected chi connectivity index (χ0v) is 14.4. The maximum Gasteiger partial charge on any atom is 0.255 e. The maximum absolute atomic E-state index is 12.5. The predicted molar refractivity (Wildman–Crippen MR) is 89.0 cm³/mol. The predicted octanol–water partition coefficient (Wildman–Crippen LogP) is 4.06. The molecular weight excluding hydrogens is 286 g/mol. The number of nitrogens with zero attached hydrogens (tertiary/aromatic N) is 2. The van der Waals surface area contributed by atoms with Crippen LogP contribution in [-0.4, -0.2) is 35.4 Å². The highest BCUT2D eigenvalue weighted by molar-refractivity contribution is 6.33. The molecule has 0 aromatic carbocycles. The van der Waals surface area contributed by atoms with Gasteiger partial charge in [-0.05, 0) is 31.7 Å². The second kappa shape index (κ2) is 8.23. The molecule has 21 heavy (non-hydrogen) atoms. The van der Waals surface area contributed by atoms with Gasteiger partial charge in [0.05, 0.1) is 10.6 Å². The van der Waals surface area contributed by atoms with Crippen LogP contribution < -0.4 is 5.32 Å². The molecule has 1 heterocycles. The Morgan fingerprint density at radius 3 is 2.62 bits per heavy atom. The summed E-state index contributed by atoms with van der Waals surface area (Å²) in [5.74, 6) is 1.14. The summed E-state index contributed by atoms with van der Waals surface area (Å²) in [6.45, 7) is 9.25. The maximum atomic E-state index is 12.5. The van der Waals surface area contributed by atoms with Crippen molar-refractivity contribution in [3.05, 3.63) is 22.8 Å². The van der Waals surface area contributed by atoms with Gasteiger partial charge in [0, 0.05) is 25.8 Å². The van der Waals surface area contributed by atoms with Gasteiger partial charge in [0.25, 0.3) is 5.91 Å². The normalized spacial score (nSPS) is 12.3. The molecule has 0 bridgehead atoms. The average Bonchev–Trinajstić information content (AvgIpc) is 2.43. The molecule has 0 fully saturated rings. The lowest BCUT2D eigenvalue weighted by molar-refractivity contribution is 0.0728. The first-order valence-electron chi connectivity index (χ1n) is 7.53. The summed E-state index contributed by atoms with van der Waals surface area (Å²) in [6.07, 6.45) is 3.55. The number of nitrogens with one attached hydrogen (secondary N) is 1. The molecule has 5 heteroatoms. The zero-order valence-electron chi connectivity index (χ0n) is 13.6. The number of anilines is 1. The summed E-state index contributed by atoms with van der Waals surface area (Å²) < 4.78 is 0. The molecule has 0 saturated heterocycles. The molecule has 1 amide bonds. The van der Waals surface area contributed by atoms with Gasteiger partial charge in [-0.25, -0.2) is 4.98 Å². The Labute approximate surface area is 132 Å². The van der Waals surface area contributed by atoms with Crippen molar-refractivity contribution in [1.29, 1.82) is 0 Å². The molecule has 1 atom stereocenters. The first kappa shape index (κ1) is 17.8. The smallest absolute Gasteiger partial charge is 0.255 e. The lowest BCUT2D eigenvalue weighted by atomic mass is 10.0. The van der Waals surface area contributed by atoms with Crippen LogP contribution in [0.1, 0.15) is 50.9 Å². The second-order valence-corrected chi connectivity index (χ2v) is 6.28. The number of rotatable bonds is 7. The average molecular weight is 312 g/mol. The third-order valence-corrected chi connectivity index (χ3v) is 3.71. The van der Waals surface area contributed by atoms with E-state index in [4.69, 9.17) is 11.6 Å². The summed E-state index contributed by atoms with van der Waals surface area (Å²) in [5.41, 5.74) is 0.528. The Morgan fingerprint density at radius 1 is 1.43 bits per heavy atom. The summed E-state index contributed by atoms with van der Waals surface area (Å²) in [4.78, 5) is 18.5. The van der Waals surface area contributed by atoms with Crippen LogP contribution in [0.25, 0.3) is 0 Å². The van der Waals surface area contributed by atoms with Crippen molar-refractivity contribution in [2.24, 2.45) is 5.92 Å². The largest absolute Gasteiger partial charge is 0.369 e. The number of hydrogen-bond donors (Lipinski definition) is 1. The minimum atomic E-state index is -0.0420. The fourth-order valence-electron chi connectivity index (χ4n) is 2.17. The van der Waals surface area contributed by atoms with Gasteiger partial charge in [-0.15, -0.1) is 0 Å². The van der Waals surface area contributed by atoms with E-state index in [0.29, 0.717) is 22.3 Å². The molecule has 1 unspecified atom stereocenters. The summed E-state index contributed by atoms with van der Waals surface area (Å²) in [5, 5.41) is 3.62. The lowest BCUT2D eigenvalue weighted by Gasteiger charge is -2.26. The Balaban J connectivity index is 2.80. The lowest BCUT2D eigenvalue weighted by Crippen LogP contribution is -2.36. The fourth-order valence-corrected chi connectivity index (χ4v) is 2.41. The van der Waals surface area contributed by atoms with E-state index in [9.17, 15) is 4.79 Å². The van der Waals surface area contributed by atoms with Crippen LogP contribution in [0.3, 0.4) is 0 Å². The Bertz CT molecular complexity index is 477. The number of carbonyl (C=O) groups is 1. The van der Waals surface area contributed by atoms with Crippen molar-refractivity contribution in [2.75, 3.05) is 18.9 Å². The van der Waals surface area contributed by atoms with Crippen molar-refractivity contribution < 1.29 is 4.79 Å². The molecule has 0 aliphatic heterocycles. The molecule has 1 rings (SSSR count). The third kappa shape index (κ3) is 5.20. The van der Waals surface area contributed by atoms with Gasteiger partial charge in [0.2, 0.25) is 0 Å². The molecule has 0 spiro atoms. The molecule has 0 saturated carbocycles. The van der Waals surface area contributed by atoms with Gasteiger partial charge in [-0.1, -0.05) is 32.4 Å². The number of carbonyl (C=O) groups excluding carboxylic acids is 1. The number of hydrogen-bond acceptors (Lipinski definition) is 3. The van der Waals surface area contributed by atoms with Gasteiger partial charge < -0.3 is 10.2 Å². The van der Waals surface area contributed by atoms with E-state index in [1.54, 1.807) is 17.2 Å². The highest BCUT2D eigenvalue weighted by Gasteiger charge is 2.19. The highest BCUT2D eigenvalue weighted by Crippen LogP contribution is 2.21. The van der Waals surface area contributed by atoms with Crippen molar-refractivity contribution in [1.82, 2.24) is 9.88 Å². The van der Waals surface area contributed by atoms with Gasteiger partial charge >= 0.3 is 0 Å². The highest BCUT2D eigenvalue weighted by atomic mass is 35.5. The number of aromatic nitrogens is 1. The summed E-state index contributed by atoms with van der Waals surface area (Å²) in [7, 11) is 1.83. The second-order valence-electron chi connectivity index (χ2n) is 5.88. The van der Waals surface area contributed by atoms with E-state index >= 15 is 0 Å². The van der Waals surface area contributed by atoms with Crippen molar-refractivity contribution in [3.8, 4) is 0 Å². The van der Waals surface area contributed by atoms with E-state index in [-0.39, 0.29) is 11.9 Å². The van der Waals surface area contributed by atoms with Crippen LogP contribution in [-0.2, 0) is 0 Å². The van der Waals surface area contributed by atoms with Gasteiger partial charge in [-0.2, -0.15) is 0 Å². The number of halogens is 1. The van der Waals surface area contributed by atoms with Gasteiger partial charge in [-0.3, -0.25) is 4.79 Å². The van der Waals surface area contributed by atoms with Crippen LogP contribution >= 0.6 is 11.6 Å². The zero-order chi connectivity index (χ0) is 16.0. The van der Waals surface area contributed by atoms with Crippen molar-refractivity contribution >= 4 is 23.3 Å². The molecule has 1 aromatic rings. The molecule has 0 radical (unpaired) electrons. The quantitative estimate of drug-likeness (QED) is 0.825. The molecule has 4 nitrogen and oxygen atoms in total. The van der Waals surface area contributed by atoms with E-state index < -0.39 is 0 Å². The molecule has 1 N–H and O–H groups in total. The van der Waals surface area contributed by atoms with Crippen molar-refractivity contribution in [2.45, 2.75) is 46.6 Å².